The molecule has 0 aromatic carbocycles. The van der Waals surface area contributed by atoms with Gasteiger partial charge in [-0.05, 0) is 116 Å². The van der Waals surface area contributed by atoms with E-state index in [1.165, 1.54) is 16.6 Å². The molecule has 1 aromatic rings. The Balaban J connectivity index is 1.31. The number of allylic oxidation sites excluding steroid dienone is 2. The number of aliphatic hydroxyl groups excluding tert-OH is 1. The van der Waals surface area contributed by atoms with E-state index in [-0.39, 0.29) is 63.8 Å². The van der Waals surface area contributed by atoms with Crippen molar-refractivity contribution in [1.29, 1.82) is 0 Å². The van der Waals surface area contributed by atoms with Crippen LogP contribution in [0.2, 0.25) is 0 Å². The lowest BCUT2D eigenvalue weighted by Crippen LogP contribution is -2.65. The Hall–Kier alpha value is -2.15. The van der Waals surface area contributed by atoms with E-state index in [1.54, 1.807) is 13.1 Å². The summed E-state index contributed by atoms with van der Waals surface area (Å²) in [6.07, 6.45) is 13.9. The number of ether oxygens (including phenoxy) is 1. The molecule has 0 unspecified atom stereocenters. The Morgan fingerprint density at radius 1 is 0.977 bits per heavy atom. The molecule has 4 saturated carbocycles. The van der Waals surface area contributed by atoms with Gasteiger partial charge < -0.3 is 9.84 Å². The third-order valence-corrected chi connectivity index (χ3v) is 14.8. The third kappa shape index (κ3) is 4.41. The van der Waals surface area contributed by atoms with E-state index in [4.69, 9.17) is 4.74 Å². The molecule has 44 heavy (non-hydrogen) atoms. The maximum atomic E-state index is 14.2. The van der Waals surface area contributed by atoms with Gasteiger partial charge in [-0.2, -0.15) is 0 Å². The summed E-state index contributed by atoms with van der Waals surface area (Å²) < 4.78 is 7.49. The Morgan fingerprint density at radius 2 is 1.68 bits per heavy atom. The van der Waals surface area contributed by atoms with E-state index in [1.807, 2.05) is 0 Å². The number of rotatable bonds is 4. The molecule has 0 spiro atoms. The number of aromatic nitrogens is 2. The zero-order chi connectivity index (χ0) is 32.1. The van der Waals surface area contributed by atoms with Gasteiger partial charge in [-0.25, -0.2) is 4.79 Å². The number of aryl methyl sites for hydroxylation is 1. The van der Waals surface area contributed by atoms with Crippen LogP contribution in [0.4, 0.5) is 0 Å². The summed E-state index contributed by atoms with van der Waals surface area (Å²) in [5.41, 5.74) is 1.01. The van der Waals surface area contributed by atoms with E-state index in [0.717, 1.165) is 57.8 Å². The van der Waals surface area contributed by atoms with Crippen LogP contribution >= 0.6 is 0 Å². The van der Waals surface area contributed by atoms with Crippen molar-refractivity contribution in [3.05, 3.63) is 44.2 Å². The lowest BCUT2D eigenvalue weighted by molar-refractivity contribution is -0.206. The van der Waals surface area contributed by atoms with Crippen LogP contribution < -0.4 is 11.2 Å². The number of aliphatic hydroxyl groups is 1. The van der Waals surface area contributed by atoms with E-state index in [9.17, 15) is 19.5 Å². The van der Waals surface area contributed by atoms with Gasteiger partial charge in [0.05, 0.1) is 18.1 Å². The number of nitrogens with one attached hydrogen (secondary N) is 1. The number of H-pyrrole nitrogens is 1. The molecule has 0 radical (unpaired) electrons. The zero-order valence-corrected chi connectivity index (χ0v) is 28.5. The number of nitrogens with zero attached hydrogens (tertiary/aromatic N) is 1. The third-order valence-electron chi connectivity index (χ3n) is 14.8. The molecule has 7 heteroatoms. The van der Waals surface area contributed by atoms with E-state index >= 15 is 0 Å². The Morgan fingerprint density at radius 3 is 2.41 bits per heavy atom. The van der Waals surface area contributed by atoms with E-state index in [2.05, 4.69) is 59.5 Å². The summed E-state index contributed by atoms with van der Waals surface area (Å²) in [6, 6.07) is 0. The molecule has 8 atom stereocenters. The van der Waals surface area contributed by atoms with Gasteiger partial charge in [0.1, 0.15) is 6.61 Å². The number of carbonyl (C=O) groups excluding carboxylic acids is 1. The summed E-state index contributed by atoms with van der Waals surface area (Å²) in [5, 5.41) is 11.0. The lowest BCUT2D eigenvalue weighted by atomic mass is 9.33. The van der Waals surface area contributed by atoms with Crippen LogP contribution in [-0.2, 0) is 16.1 Å². The van der Waals surface area contributed by atoms with Crippen molar-refractivity contribution >= 4 is 5.97 Å². The van der Waals surface area contributed by atoms with Gasteiger partial charge in [0.15, 0.2) is 0 Å². The molecule has 2 N–H and O–H groups in total. The fraction of sp³-hybridized carbons (Fsp3) is 0.811. The second kappa shape index (κ2) is 10.2. The van der Waals surface area contributed by atoms with Crippen molar-refractivity contribution in [3.8, 4) is 0 Å². The highest BCUT2D eigenvalue weighted by atomic mass is 16.5. The molecule has 0 bridgehead atoms. The molecule has 7 nitrogen and oxygen atoms in total. The minimum atomic E-state index is -0.534. The van der Waals surface area contributed by atoms with Gasteiger partial charge >= 0.3 is 11.7 Å². The number of carbonyl (C=O) groups is 1. The molecule has 5 aliphatic rings. The van der Waals surface area contributed by atoms with Crippen LogP contribution in [0.1, 0.15) is 118 Å². The predicted molar refractivity (Wildman–Crippen MR) is 172 cm³/mol. The molecule has 1 heterocycles. The Labute approximate surface area is 263 Å². The molecule has 5 aliphatic carbocycles. The maximum absolute atomic E-state index is 14.2. The van der Waals surface area contributed by atoms with Crippen molar-refractivity contribution in [2.45, 2.75) is 132 Å². The number of esters is 1. The van der Waals surface area contributed by atoms with Gasteiger partial charge in [0.2, 0.25) is 0 Å². The van der Waals surface area contributed by atoms with Crippen LogP contribution in [0.3, 0.4) is 0 Å². The standard InChI is InChI=1S/C37H56N2O5/c1-23-22-39(31(43)38-29(23)41)19-20-44-30(42)37-17-15-32(2,3)21-25(37)24-9-10-27-34(6)13-12-28(40)33(4,5)26(34)11-14-36(27,8)35(24,7)16-18-37/h9,22,25-28,40H,10-21H2,1-8H3,(H,38,41,43)/t25-,26-,27+,28-,34-,35+,36+,37-/m0/s1. The monoisotopic (exact) mass is 608 g/mol. The van der Waals surface area contributed by atoms with Crippen molar-refractivity contribution in [2.75, 3.05) is 6.61 Å². The van der Waals surface area contributed by atoms with E-state index in [0.29, 0.717) is 17.4 Å². The molecular formula is C37H56N2O5. The fourth-order valence-corrected chi connectivity index (χ4v) is 11.8. The second-order valence-electron chi connectivity index (χ2n) is 17.6. The highest BCUT2D eigenvalue weighted by Crippen LogP contribution is 2.75. The highest BCUT2D eigenvalue weighted by molar-refractivity contribution is 5.78. The molecule has 6 rings (SSSR count). The van der Waals surface area contributed by atoms with Crippen molar-refractivity contribution in [1.82, 2.24) is 9.55 Å². The first-order valence-corrected chi connectivity index (χ1v) is 17.3. The fourth-order valence-electron chi connectivity index (χ4n) is 11.8. The van der Waals surface area contributed by atoms with Crippen LogP contribution in [0.15, 0.2) is 27.4 Å². The van der Waals surface area contributed by atoms with Crippen molar-refractivity contribution in [3.63, 3.8) is 0 Å². The first-order valence-electron chi connectivity index (χ1n) is 17.3. The topological polar surface area (TPSA) is 101 Å². The predicted octanol–water partition coefficient (Wildman–Crippen LogP) is 6.55. The smallest absolute Gasteiger partial charge is 0.328 e. The minimum Gasteiger partial charge on any atom is -0.463 e. The van der Waals surface area contributed by atoms with Gasteiger partial charge in [0.25, 0.3) is 5.56 Å². The largest absolute Gasteiger partial charge is 0.463 e. The minimum absolute atomic E-state index is 0.0206. The van der Waals surface area contributed by atoms with Crippen molar-refractivity contribution in [2.24, 2.45) is 50.2 Å². The average Bonchev–Trinajstić information content (AvgIpc) is 2.94. The number of fused-ring (bicyclic) bond motifs is 7. The first kappa shape index (κ1) is 31.8. The zero-order valence-electron chi connectivity index (χ0n) is 28.5. The quantitative estimate of drug-likeness (QED) is 0.298. The summed E-state index contributed by atoms with van der Waals surface area (Å²) in [5.74, 6) is 1.12. The summed E-state index contributed by atoms with van der Waals surface area (Å²) in [4.78, 5) is 40.7. The normalized spacial score (nSPS) is 42.2. The lowest BCUT2D eigenvalue weighted by Gasteiger charge is -2.71. The highest BCUT2D eigenvalue weighted by Gasteiger charge is 2.69. The Kier molecular flexibility index (Phi) is 7.36. The van der Waals surface area contributed by atoms with Crippen molar-refractivity contribution < 1.29 is 14.6 Å². The summed E-state index contributed by atoms with van der Waals surface area (Å²) >= 11 is 0. The van der Waals surface area contributed by atoms with Gasteiger partial charge in [-0.1, -0.05) is 60.1 Å². The molecule has 0 amide bonds. The van der Waals surface area contributed by atoms with Crippen LogP contribution in [0.25, 0.3) is 0 Å². The van der Waals surface area contributed by atoms with Crippen LogP contribution in [-0.4, -0.2) is 33.3 Å². The Bertz CT molecular complexity index is 1480. The SMILES string of the molecule is Cc1cn(CCOC(=O)[C@]23CCC(C)(C)C[C@H]2C2=CC[C@@H]4[C@@]5(C)CC[C@H](O)C(C)(C)[C@@H]5CC[C@@]4(C)[C@]2(C)CC3)c(=O)[nH]c1=O. The molecule has 0 saturated heterocycles. The number of hydrogen-bond acceptors (Lipinski definition) is 5. The number of hydrogen-bond donors (Lipinski definition) is 2. The summed E-state index contributed by atoms with van der Waals surface area (Å²) in [6.45, 7) is 19.0. The molecule has 0 aliphatic heterocycles. The van der Waals surface area contributed by atoms with Gasteiger partial charge in [-0.3, -0.25) is 19.1 Å². The van der Waals surface area contributed by atoms with Gasteiger partial charge in [0, 0.05) is 11.8 Å². The summed E-state index contributed by atoms with van der Waals surface area (Å²) in [7, 11) is 0. The molecule has 4 fully saturated rings. The second-order valence-corrected chi connectivity index (χ2v) is 17.6. The first-order chi connectivity index (χ1) is 20.4. The van der Waals surface area contributed by atoms with Crippen LogP contribution in [0.5, 0.6) is 0 Å². The molecular weight excluding hydrogens is 552 g/mol. The maximum Gasteiger partial charge on any atom is 0.328 e. The van der Waals surface area contributed by atoms with Crippen LogP contribution in [0, 0.1) is 57.2 Å². The molecule has 1 aromatic heterocycles. The van der Waals surface area contributed by atoms with E-state index < -0.39 is 11.1 Å². The number of aromatic amines is 1. The van der Waals surface area contributed by atoms with Gasteiger partial charge in [-0.15, -0.1) is 0 Å². The average molecular weight is 609 g/mol. The molecule has 244 valence electrons.